The van der Waals surface area contributed by atoms with E-state index in [-0.39, 0.29) is 0 Å². The van der Waals surface area contributed by atoms with Crippen LogP contribution in [0, 0.1) is 6.92 Å². The van der Waals surface area contributed by atoms with E-state index in [2.05, 4.69) is 35.0 Å². The van der Waals surface area contributed by atoms with Gasteiger partial charge in [-0.25, -0.2) is 4.98 Å². The molecule has 0 aliphatic rings. The third kappa shape index (κ3) is 3.40. The van der Waals surface area contributed by atoms with Crippen molar-refractivity contribution < 1.29 is 0 Å². The first-order chi connectivity index (χ1) is 9.11. The molecule has 19 heavy (non-hydrogen) atoms. The highest BCUT2D eigenvalue weighted by Gasteiger charge is 2.08. The van der Waals surface area contributed by atoms with Crippen LogP contribution in [0.5, 0.6) is 0 Å². The molecule has 0 atom stereocenters. The first-order valence-corrected chi connectivity index (χ1v) is 6.99. The number of pyridine rings is 1. The van der Waals surface area contributed by atoms with Crippen LogP contribution < -0.4 is 4.90 Å². The Bertz CT molecular complexity index is 570. The fourth-order valence-electron chi connectivity index (χ4n) is 1.90. The van der Waals surface area contributed by atoms with Crippen LogP contribution in [0.15, 0.2) is 36.5 Å². The second-order valence-corrected chi connectivity index (χ2v) is 5.22. The number of rotatable bonds is 4. The molecule has 0 saturated carbocycles. The number of hydrogen-bond donors (Lipinski definition) is 0. The first-order valence-electron chi connectivity index (χ1n) is 6.08. The third-order valence-electron chi connectivity index (χ3n) is 3.12. The molecule has 0 amide bonds. The number of aromatic nitrogens is 1. The van der Waals surface area contributed by atoms with Gasteiger partial charge in [0.05, 0.1) is 5.02 Å². The molecule has 4 heteroatoms. The normalized spacial score (nSPS) is 10.5. The summed E-state index contributed by atoms with van der Waals surface area (Å²) in [6, 6.07) is 10.3. The number of nitrogens with zero attached hydrogens (tertiary/aromatic N) is 2. The van der Waals surface area contributed by atoms with Crippen LogP contribution in [0.3, 0.4) is 0 Å². The summed E-state index contributed by atoms with van der Waals surface area (Å²) in [4.78, 5) is 6.44. The minimum Gasteiger partial charge on any atom is -0.355 e. The molecule has 2 rings (SSSR count). The fraction of sp³-hybridized carbons (Fsp3) is 0.267. The topological polar surface area (TPSA) is 16.1 Å². The van der Waals surface area contributed by atoms with Gasteiger partial charge in [0.15, 0.2) is 0 Å². The van der Waals surface area contributed by atoms with Crippen molar-refractivity contribution in [3.05, 3.63) is 58.2 Å². The summed E-state index contributed by atoms with van der Waals surface area (Å²) in [5.74, 6) is 1.27. The minimum atomic E-state index is 0.395. The maximum Gasteiger partial charge on any atom is 0.128 e. The SMILES string of the molecule is Cc1ccccc1CN(C)c1cc(CCl)c(Cl)cn1. The van der Waals surface area contributed by atoms with Gasteiger partial charge in [0, 0.05) is 25.7 Å². The third-order valence-corrected chi connectivity index (χ3v) is 3.75. The highest BCUT2D eigenvalue weighted by Crippen LogP contribution is 2.22. The molecule has 1 aromatic carbocycles. The first kappa shape index (κ1) is 14.2. The van der Waals surface area contributed by atoms with Crippen LogP contribution in [-0.2, 0) is 12.4 Å². The average Bonchev–Trinajstić information content (AvgIpc) is 2.42. The molecule has 0 saturated heterocycles. The van der Waals surface area contributed by atoms with Crippen molar-refractivity contribution >= 4 is 29.0 Å². The van der Waals surface area contributed by atoms with Gasteiger partial charge in [-0.2, -0.15) is 0 Å². The van der Waals surface area contributed by atoms with Gasteiger partial charge in [-0.3, -0.25) is 0 Å². The lowest BCUT2D eigenvalue weighted by Crippen LogP contribution is -2.18. The number of aryl methyl sites for hydroxylation is 1. The molecule has 100 valence electrons. The molecule has 1 heterocycles. The summed E-state index contributed by atoms with van der Waals surface area (Å²) in [7, 11) is 2.01. The van der Waals surface area contributed by atoms with E-state index in [9.17, 15) is 0 Å². The Morgan fingerprint density at radius 3 is 2.63 bits per heavy atom. The molecular weight excluding hydrogens is 279 g/mol. The van der Waals surface area contributed by atoms with E-state index in [0.717, 1.165) is 17.9 Å². The van der Waals surface area contributed by atoms with E-state index >= 15 is 0 Å². The zero-order valence-corrected chi connectivity index (χ0v) is 12.5. The van der Waals surface area contributed by atoms with Gasteiger partial charge < -0.3 is 4.90 Å². The minimum absolute atomic E-state index is 0.395. The summed E-state index contributed by atoms with van der Waals surface area (Å²) in [6.07, 6.45) is 1.66. The Hall–Kier alpha value is -1.25. The van der Waals surface area contributed by atoms with E-state index in [1.54, 1.807) is 6.20 Å². The van der Waals surface area contributed by atoms with Gasteiger partial charge in [-0.05, 0) is 29.7 Å². The van der Waals surface area contributed by atoms with Gasteiger partial charge in [-0.1, -0.05) is 35.9 Å². The summed E-state index contributed by atoms with van der Waals surface area (Å²) in [5, 5.41) is 0.614. The number of anilines is 1. The van der Waals surface area contributed by atoms with E-state index in [4.69, 9.17) is 23.2 Å². The average molecular weight is 295 g/mol. The van der Waals surface area contributed by atoms with E-state index in [1.807, 2.05) is 19.2 Å². The molecule has 1 aromatic heterocycles. The fourth-order valence-corrected chi connectivity index (χ4v) is 2.36. The largest absolute Gasteiger partial charge is 0.355 e. The molecule has 0 bridgehead atoms. The van der Waals surface area contributed by atoms with E-state index < -0.39 is 0 Å². The van der Waals surface area contributed by atoms with Crippen LogP contribution in [0.2, 0.25) is 5.02 Å². The second kappa shape index (κ2) is 6.27. The smallest absolute Gasteiger partial charge is 0.128 e. The quantitative estimate of drug-likeness (QED) is 0.776. The summed E-state index contributed by atoms with van der Waals surface area (Å²) < 4.78 is 0. The van der Waals surface area contributed by atoms with Crippen LogP contribution >= 0.6 is 23.2 Å². The second-order valence-electron chi connectivity index (χ2n) is 4.55. The van der Waals surface area contributed by atoms with Gasteiger partial charge in [0.1, 0.15) is 5.82 Å². The van der Waals surface area contributed by atoms with E-state index in [0.29, 0.717) is 10.9 Å². The predicted octanol–water partition coefficient (Wildman–Crippen LogP) is 4.42. The van der Waals surface area contributed by atoms with Gasteiger partial charge >= 0.3 is 0 Å². The zero-order valence-electron chi connectivity index (χ0n) is 11.0. The standard InChI is InChI=1S/C15H16Cl2N2/c1-11-5-3-4-6-12(11)10-19(2)15-7-13(8-16)14(17)9-18-15/h3-7,9H,8,10H2,1-2H3. The molecule has 0 spiro atoms. The van der Waals surface area contributed by atoms with Crippen molar-refractivity contribution in [2.75, 3.05) is 11.9 Å². The number of hydrogen-bond acceptors (Lipinski definition) is 2. The Morgan fingerprint density at radius 1 is 1.21 bits per heavy atom. The molecular formula is C15H16Cl2N2. The van der Waals surface area contributed by atoms with Gasteiger partial charge in [0.2, 0.25) is 0 Å². The van der Waals surface area contributed by atoms with Crippen LogP contribution in [-0.4, -0.2) is 12.0 Å². The molecule has 2 aromatic rings. The number of benzene rings is 1. The maximum atomic E-state index is 6.02. The molecule has 0 aliphatic carbocycles. The van der Waals surface area contributed by atoms with Crippen molar-refractivity contribution in [2.24, 2.45) is 0 Å². The van der Waals surface area contributed by atoms with Gasteiger partial charge in [-0.15, -0.1) is 11.6 Å². The van der Waals surface area contributed by atoms with Crippen LogP contribution in [0.4, 0.5) is 5.82 Å². The van der Waals surface area contributed by atoms with Crippen molar-refractivity contribution in [1.82, 2.24) is 4.98 Å². The zero-order chi connectivity index (χ0) is 13.8. The van der Waals surface area contributed by atoms with Crippen LogP contribution in [0.25, 0.3) is 0 Å². The predicted molar refractivity (Wildman–Crippen MR) is 82.1 cm³/mol. The Kier molecular flexibility index (Phi) is 4.67. The van der Waals surface area contributed by atoms with Crippen LogP contribution in [0.1, 0.15) is 16.7 Å². The van der Waals surface area contributed by atoms with Crippen molar-refractivity contribution in [3.8, 4) is 0 Å². The van der Waals surface area contributed by atoms with Crippen molar-refractivity contribution in [1.29, 1.82) is 0 Å². The lowest BCUT2D eigenvalue weighted by molar-refractivity contribution is 0.889. The summed E-state index contributed by atoms with van der Waals surface area (Å²) in [5.41, 5.74) is 3.47. The summed E-state index contributed by atoms with van der Waals surface area (Å²) >= 11 is 11.9. The Labute approximate surface area is 124 Å². The molecule has 0 unspecified atom stereocenters. The monoisotopic (exact) mass is 294 g/mol. The Morgan fingerprint density at radius 2 is 1.95 bits per heavy atom. The molecule has 0 N–H and O–H groups in total. The number of halogens is 2. The van der Waals surface area contributed by atoms with Crippen molar-refractivity contribution in [2.45, 2.75) is 19.3 Å². The molecule has 0 fully saturated rings. The van der Waals surface area contributed by atoms with E-state index in [1.165, 1.54) is 11.1 Å². The molecule has 0 radical (unpaired) electrons. The number of alkyl halides is 1. The Balaban J connectivity index is 2.20. The molecule has 0 aliphatic heterocycles. The lowest BCUT2D eigenvalue weighted by atomic mass is 10.1. The maximum absolute atomic E-state index is 6.02. The summed E-state index contributed by atoms with van der Waals surface area (Å²) in [6.45, 7) is 2.92. The molecule has 2 nitrogen and oxygen atoms in total. The van der Waals surface area contributed by atoms with Crippen molar-refractivity contribution in [3.63, 3.8) is 0 Å². The lowest BCUT2D eigenvalue weighted by Gasteiger charge is -2.20. The highest BCUT2D eigenvalue weighted by molar-refractivity contribution is 6.32. The van der Waals surface area contributed by atoms with Gasteiger partial charge in [0.25, 0.3) is 0 Å². The highest BCUT2D eigenvalue weighted by atomic mass is 35.5.